The van der Waals surface area contributed by atoms with Gasteiger partial charge >= 0.3 is 0 Å². The fraction of sp³-hybridized carbons (Fsp3) is 0.0667. The molecule has 0 spiro atoms. The number of benzene rings is 1. The summed E-state index contributed by atoms with van der Waals surface area (Å²) in [5.41, 5.74) is 3.56. The number of allylic oxidation sites excluding steroid dienone is 1. The van der Waals surface area contributed by atoms with Crippen LogP contribution in [0.2, 0.25) is 0 Å². The van der Waals surface area contributed by atoms with E-state index in [1.807, 2.05) is 58.8 Å². The van der Waals surface area contributed by atoms with Gasteiger partial charge in [-0.3, -0.25) is 0 Å². The molecule has 0 amide bonds. The second-order valence-electron chi connectivity index (χ2n) is 4.21. The molecule has 0 aliphatic heterocycles. The molecule has 92 valence electrons. The number of imidazole rings is 1. The lowest BCUT2D eigenvalue weighted by molar-refractivity contribution is 0.925. The lowest BCUT2D eigenvalue weighted by atomic mass is 10.2. The average Bonchev–Trinajstić information content (AvgIpc) is 3.05. The minimum absolute atomic E-state index is 0.581. The van der Waals surface area contributed by atoms with E-state index in [1.54, 1.807) is 11.3 Å². The lowest BCUT2D eigenvalue weighted by Crippen LogP contribution is -1.95. The van der Waals surface area contributed by atoms with Crippen LogP contribution in [0.4, 0.5) is 0 Å². The van der Waals surface area contributed by atoms with Crippen LogP contribution in [-0.4, -0.2) is 9.55 Å². The first-order valence-electron chi connectivity index (χ1n) is 5.85. The maximum Gasteiger partial charge on any atom is 0.151 e. The highest BCUT2D eigenvalue weighted by atomic mass is 32.1. The molecular weight excluding hydrogens is 254 g/mol. The predicted molar refractivity (Wildman–Crippen MR) is 78.5 cm³/mol. The maximum absolute atomic E-state index is 9.36. The van der Waals surface area contributed by atoms with Crippen LogP contribution in [0.5, 0.6) is 0 Å². The molecule has 0 N–H and O–H groups in total. The Morgan fingerprint density at radius 1 is 1.37 bits per heavy atom. The van der Waals surface area contributed by atoms with Gasteiger partial charge in [0, 0.05) is 7.05 Å². The highest BCUT2D eigenvalue weighted by Gasteiger charge is 2.11. The van der Waals surface area contributed by atoms with Gasteiger partial charge in [-0.15, -0.1) is 0 Å². The van der Waals surface area contributed by atoms with Gasteiger partial charge in [-0.05, 0) is 40.6 Å². The predicted octanol–water partition coefficient (Wildman–Crippen LogP) is 3.70. The van der Waals surface area contributed by atoms with Crippen molar-refractivity contribution in [1.82, 2.24) is 9.55 Å². The number of aryl methyl sites for hydroxylation is 1. The summed E-state index contributed by atoms with van der Waals surface area (Å²) in [5.74, 6) is 0.704. The van der Waals surface area contributed by atoms with Crippen molar-refractivity contribution in [3.05, 3.63) is 52.5 Å². The number of nitrogens with zero attached hydrogens (tertiary/aromatic N) is 3. The van der Waals surface area contributed by atoms with Crippen LogP contribution >= 0.6 is 11.3 Å². The van der Waals surface area contributed by atoms with Crippen molar-refractivity contribution in [2.75, 3.05) is 0 Å². The minimum atomic E-state index is 0.581. The van der Waals surface area contributed by atoms with Gasteiger partial charge in [0.05, 0.1) is 16.6 Å². The molecule has 3 nitrogen and oxygen atoms in total. The monoisotopic (exact) mass is 265 g/mol. The Labute approximate surface area is 115 Å². The van der Waals surface area contributed by atoms with Gasteiger partial charge in [-0.1, -0.05) is 12.1 Å². The molecule has 0 aliphatic rings. The van der Waals surface area contributed by atoms with Gasteiger partial charge in [-0.2, -0.15) is 16.6 Å². The summed E-state index contributed by atoms with van der Waals surface area (Å²) in [4.78, 5) is 4.54. The number of rotatable bonds is 2. The molecule has 2 aromatic heterocycles. The number of aromatic nitrogens is 2. The summed E-state index contributed by atoms with van der Waals surface area (Å²) < 4.78 is 1.96. The van der Waals surface area contributed by atoms with E-state index in [2.05, 4.69) is 11.1 Å². The van der Waals surface area contributed by atoms with Crippen LogP contribution in [0.3, 0.4) is 0 Å². The molecule has 0 bridgehead atoms. The molecule has 0 unspecified atom stereocenters. The average molecular weight is 265 g/mol. The Morgan fingerprint density at radius 3 is 2.89 bits per heavy atom. The zero-order valence-electron chi connectivity index (χ0n) is 10.4. The maximum atomic E-state index is 9.36. The van der Waals surface area contributed by atoms with Crippen molar-refractivity contribution >= 4 is 34.0 Å². The van der Waals surface area contributed by atoms with E-state index < -0.39 is 0 Å². The third-order valence-electron chi connectivity index (χ3n) is 3.00. The molecule has 2 heterocycles. The Hall–Kier alpha value is -2.38. The second kappa shape index (κ2) is 4.71. The van der Waals surface area contributed by atoms with E-state index in [9.17, 15) is 5.26 Å². The van der Waals surface area contributed by atoms with Gasteiger partial charge in [0.2, 0.25) is 0 Å². The quantitative estimate of drug-likeness (QED) is 0.663. The standard InChI is InChI=1S/C15H11N3S/c1-18-14-5-3-2-4-13(14)17-15(18)12(9-16)8-11-6-7-19-10-11/h2-8,10H,1H3/b12-8+. The molecule has 0 saturated carbocycles. The third-order valence-corrected chi connectivity index (χ3v) is 3.70. The SMILES string of the molecule is Cn1c(/C(C#N)=C/c2ccsc2)nc2ccccc21. The number of thiophene rings is 1. The molecule has 0 radical (unpaired) electrons. The summed E-state index contributed by atoms with van der Waals surface area (Å²) in [6.45, 7) is 0. The fourth-order valence-electron chi connectivity index (χ4n) is 2.06. The summed E-state index contributed by atoms with van der Waals surface area (Å²) in [7, 11) is 1.93. The van der Waals surface area contributed by atoms with Gasteiger partial charge in [-0.25, -0.2) is 4.98 Å². The van der Waals surface area contributed by atoms with E-state index in [1.165, 1.54) is 0 Å². The first kappa shape index (κ1) is 11.7. The van der Waals surface area contributed by atoms with E-state index in [4.69, 9.17) is 0 Å². The molecule has 4 heteroatoms. The van der Waals surface area contributed by atoms with E-state index in [0.717, 1.165) is 16.6 Å². The number of hydrogen-bond acceptors (Lipinski definition) is 3. The van der Waals surface area contributed by atoms with Crippen molar-refractivity contribution in [1.29, 1.82) is 5.26 Å². The smallest absolute Gasteiger partial charge is 0.151 e. The molecule has 0 fully saturated rings. The van der Waals surface area contributed by atoms with Crippen LogP contribution in [0.15, 0.2) is 41.1 Å². The number of nitriles is 1. The van der Waals surface area contributed by atoms with Gasteiger partial charge in [0.15, 0.2) is 5.82 Å². The molecule has 0 atom stereocenters. The molecule has 3 rings (SSSR count). The van der Waals surface area contributed by atoms with Crippen LogP contribution in [0.1, 0.15) is 11.4 Å². The molecular formula is C15H11N3S. The Kier molecular flexibility index (Phi) is 2.90. The summed E-state index contributed by atoms with van der Waals surface area (Å²) in [6, 6.07) is 12.1. The van der Waals surface area contributed by atoms with Crippen LogP contribution < -0.4 is 0 Å². The Bertz CT molecular complexity index is 789. The lowest BCUT2D eigenvalue weighted by Gasteiger charge is -2.00. The van der Waals surface area contributed by atoms with Crippen molar-refractivity contribution in [2.24, 2.45) is 7.05 Å². The summed E-state index contributed by atoms with van der Waals surface area (Å²) >= 11 is 1.62. The third kappa shape index (κ3) is 2.05. The first-order chi connectivity index (χ1) is 9.29. The zero-order valence-corrected chi connectivity index (χ0v) is 11.2. The summed E-state index contributed by atoms with van der Waals surface area (Å²) in [5, 5.41) is 13.4. The Morgan fingerprint density at radius 2 is 2.21 bits per heavy atom. The highest BCUT2D eigenvalue weighted by molar-refractivity contribution is 7.08. The molecule has 1 aromatic carbocycles. The van der Waals surface area contributed by atoms with Crippen LogP contribution in [0, 0.1) is 11.3 Å². The highest BCUT2D eigenvalue weighted by Crippen LogP contribution is 2.22. The minimum Gasteiger partial charge on any atom is -0.327 e. The number of para-hydroxylation sites is 2. The molecule has 0 saturated heterocycles. The molecule has 19 heavy (non-hydrogen) atoms. The van der Waals surface area contributed by atoms with Crippen molar-refractivity contribution in [3.8, 4) is 6.07 Å². The molecule has 3 aromatic rings. The zero-order chi connectivity index (χ0) is 13.2. The van der Waals surface area contributed by atoms with Crippen molar-refractivity contribution in [2.45, 2.75) is 0 Å². The number of fused-ring (bicyclic) bond motifs is 1. The van der Waals surface area contributed by atoms with Gasteiger partial charge < -0.3 is 4.57 Å². The van der Waals surface area contributed by atoms with E-state index >= 15 is 0 Å². The van der Waals surface area contributed by atoms with Gasteiger partial charge in [0.1, 0.15) is 6.07 Å². The normalized spacial score (nSPS) is 11.7. The van der Waals surface area contributed by atoms with E-state index in [-0.39, 0.29) is 0 Å². The largest absolute Gasteiger partial charge is 0.327 e. The molecule has 0 aliphatic carbocycles. The van der Waals surface area contributed by atoms with Crippen LogP contribution in [-0.2, 0) is 7.05 Å². The van der Waals surface area contributed by atoms with Crippen LogP contribution in [0.25, 0.3) is 22.7 Å². The Balaban J connectivity index is 2.18. The van der Waals surface area contributed by atoms with Crippen molar-refractivity contribution in [3.63, 3.8) is 0 Å². The van der Waals surface area contributed by atoms with E-state index in [0.29, 0.717) is 11.4 Å². The fourth-order valence-corrected chi connectivity index (χ4v) is 2.68. The number of hydrogen-bond donors (Lipinski definition) is 0. The first-order valence-corrected chi connectivity index (χ1v) is 6.79. The van der Waals surface area contributed by atoms with Gasteiger partial charge in [0.25, 0.3) is 0 Å². The van der Waals surface area contributed by atoms with Crippen molar-refractivity contribution < 1.29 is 0 Å². The topological polar surface area (TPSA) is 41.6 Å². The second-order valence-corrected chi connectivity index (χ2v) is 4.99. The summed E-state index contributed by atoms with van der Waals surface area (Å²) in [6.07, 6.45) is 1.87.